The zero-order valence-electron chi connectivity index (χ0n) is 11.3. The monoisotopic (exact) mass is 428 g/mol. The van der Waals surface area contributed by atoms with Crippen molar-refractivity contribution in [3.8, 4) is 0 Å². The molecule has 0 bridgehead atoms. The molecular formula is C14H14Br2N4O2. The SMILES string of the molecule is Brc1ccc2nc[nH]c2c1.Nc1ccc(Br)cc1N.O=CO. The van der Waals surface area contributed by atoms with E-state index in [0.29, 0.717) is 11.4 Å². The first kappa shape index (κ1) is 18.0. The van der Waals surface area contributed by atoms with E-state index in [1.807, 2.05) is 24.3 Å². The summed E-state index contributed by atoms with van der Waals surface area (Å²) < 4.78 is 2.03. The van der Waals surface area contributed by atoms with Gasteiger partial charge in [0, 0.05) is 8.95 Å². The normalized spacial score (nSPS) is 9.18. The minimum absolute atomic E-state index is 0.250. The summed E-state index contributed by atoms with van der Waals surface area (Å²) in [6, 6.07) is 11.3. The Balaban J connectivity index is 0.000000189. The van der Waals surface area contributed by atoms with E-state index in [-0.39, 0.29) is 6.47 Å². The highest BCUT2D eigenvalue weighted by atomic mass is 79.9. The van der Waals surface area contributed by atoms with Gasteiger partial charge in [-0.1, -0.05) is 31.9 Å². The Morgan fingerprint density at radius 1 is 1.05 bits per heavy atom. The third-order valence-electron chi connectivity index (χ3n) is 2.43. The predicted octanol–water partition coefficient (Wildman–Crippen LogP) is 3.64. The molecule has 0 aliphatic rings. The number of anilines is 2. The standard InChI is InChI=1S/C7H5BrN2.C6H7BrN2.CH2O2/c8-5-1-2-6-7(3-5)10-4-9-6;7-4-1-2-5(8)6(9)3-4;2-1-3/h1-4H,(H,9,10);1-3H,8-9H2;1H,(H,2,3). The van der Waals surface area contributed by atoms with E-state index in [1.165, 1.54) is 0 Å². The fraction of sp³-hybridized carbons (Fsp3) is 0. The summed E-state index contributed by atoms with van der Waals surface area (Å²) in [7, 11) is 0. The second-order valence-corrected chi connectivity index (χ2v) is 5.77. The summed E-state index contributed by atoms with van der Waals surface area (Å²) in [6.45, 7) is -0.250. The van der Waals surface area contributed by atoms with Crippen molar-refractivity contribution in [1.82, 2.24) is 9.97 Å². The number of hydrogen-bond acceptors (Lipinski definition) is 4. The van der Waals surface area contributed by atoms with Gasteiger partial charge in [0.2, 0.25) is 0 Å². The zero-order valence-corrected chi connectivity index (χ0v) is 14.5. The van der Waals surface area contributed by atoms with E-state index >= 15 is 0 Å². The minimum atomic E-state index is -0.250. The number of hydrogen-bond donors (Lipinski definition) is 4. The lowest BCUT2D eigenvalue weighted by atomic mass is 10.3. The largest absolute Gasteiger partial charge is 0.483 e. The molecule has 3 rings (SSSR count). The number of halogens is 2. The summed E-state index contributed by atoms with van der Waals surface area (Å²) in [4.78, 5) is 15.5. The van der Waals surface area contributed by atoms with Gasteiger partial charge in [0.15, 0.2) is 0 Å². The molecule has 0 aliphatic heterocycles. The van der Waals surface area contributed by atoms with Crippen LogP contribution in [0.5, 0.6) is 0 Å². The highest BCUT2D eigenvalue weighted by Gasteiger charge is 1.93. The molecule has 0 saturated carbocycles. The number of benzene rings is 2. The molecule has 0 fully saturated rings. The molecule has 1 aromatic heterocycles. The van der Waals surface area contributed by atoms with Gasteiger partial charge >= 0.3 is 0 Å². The van der Waals surface area contributed by atoms with Gasteiger partial charge in [-0.2, -0.15) is 0 Å². The van der Waals surface area contributed by atoms with Gasteiger partial charge in [0.05, 0.1) is 28.7 Å². The second-order valence-electron chi connectivity index (χ2n) is 3.94. The molecule has 2 aromatic carbocycles. The fourth-order valence-electron chi connectivity index (χ4n) is 1.45. The molecule has 0 saturated heterocycles. The molecule has 0 unspecified atom stereocenters. The Morgan fingerprint density at radius 2 is 1.64 bits per heavy atom. The van der Waals surface area contributed by atoms with Crippen LogP contribution >= 0.6 is 31.9 Å². The third-order valence-corrected chi connectivity index (χ3v) is 3.42. The lowest BCUT2D eigenvalue weighted by molar-refractivity contribution is -0.122. The number of fused-ring (bicyclic) bond motifs is 1. The number of nitrogen functional groups attached to an aromatic ring is 2. The minimum Gasteiger partial charge on any atom is -0.483 e. The van der Waals surface area contributed by atoms with Crippen molar-refractivity contribution in [1.29, 1.82) is 0 Å². The van der Waals surface area contributed by atoms with Crippen LogP contribution in [0.3, 0.4) is 0 Å². The quantitative estimate of drug-likeness (QED) is 0.321. The van der Waals surface area contributed by atoms with Crippen LogP contribution in [0, 0.1) is 0 Å². The zero-order chi connectivity index (χ0) is 16.5. The molecule has 0 atom stereocenters. The van der Waals surface area contributed by atoms with Crippen LogP contribution < -0.4 is 11.5 Å². The Bertz CT molecular complexity index is 747. The van der Waals surface area contributed by atoms with Gasteiger partial charge in [-0.3, -0.25) is 4.79 Å². The van der Waals surface area contributed by atoms with Gasteiger partial charge in [0.1, 0.15) is 0 Å². The maximum absolute atomic E-state index is 8.36. The average Bonchev–Trinajstić information content (AvgIpc) is 2.92. The molecule has 116 valence electrons. The van der Waals surface area contributed by atoms with Gasteiger partial charge in [-0.05, 0) is 36.4 Å². The lowest BCUT2D eigenvalue weighted by Gasteiger charge is -1.97. The molecule has 6 N–H and O–H groups in total. The smallest absolute Gasteiger partial charge is 0.290 e. The highest BCUT2D eigenvalue weighted by molar-refractivity contribution is 9.10. The number of aromatic nitrogens is 2. The molecule has 1 heterocycles. The Labute approximate surface area is 143 Å². The van der Waals surface area contributed by atoms with E-state index in [2.05, 4.69) is 41.8 Å². The molecule has 0 radical (unpaired) electrons. The summed E-state index contributed by atoms with van der Waals surface area (Å²) in [5, 5.41) is 6.89. The Hall–Kier alpha value is -2.06. The number of imidazole rings is 1. The van der Waals surface area contributed by atoms with Crippen molar-refractivity contribution >= 4 is 60.7 Å². The number of H-pyrrole nitrogens is 1. The van der Waals surface area contributed by atoms with E-state index in [1.54, 1.807) is 18.5 Å². The molecule has 0 aliphatic carbocycles. The first-order valence-electron chi connectivity index (χ1n) is 5.95. The maximum atomic E-state index is 8.36. The van der Waals surface area contributed by atoms with Crippen LogP contribution in [-0.2, 0) is 4.79 Å². The Morgan fingerprint density at radius 3 is 2.23 bits per heavy atom. The second kappa shape index (κ2) is 9.06. The molecular weight excluding hydrogens is 416 g/mol. The van der Waals surface area contributed by atoms with Crippen LogP contribution in [0.1, 0.15) is 0 Å². The third kappa shape index (κ3) is 5.74. The first-order valence-corrected chi connectivity index (χ1v) is 7.53. The number of carbonyl (C=O) groups is 1. The highest BCUT2D eigenvalue weighted by Crippen LogP contribution is 2.19. The summed E-state index contributed by atoms with van der Waals surface area (Å²) in [5.41, 5.74) is 14.2. The van der Waals surface area contributed by atoms with Crippen molar-refractivity contribution in [3.63, 3.8) is 0 Å². The lowest BCUT2D eigenvalue weighted by Crippen LogP contribution is -1.92. The van der Waals surface area contributed by atoms with Gasteiger partial charge in [0.25, 0.3) is 6.47 Å². The number of nitrogens with zero attached hydrogens (tertiary/aromatic N) is 1. The number of rotatable bonds is 0. The number of aromatic amines is 1. The molecule has 0 amide bonds. The number of nitrogens with one attached hydrogen (secondary N) is 1. The van der Waals surface area contributed by atoms with E-state index < -0.39 is 0 Å². The maximum Gasteiger partial charge on any atom is 0.290 e. The van der Waals surface area contributed by atoms with Crippen LogP contribution in [0.2, 0.25) is 0 Å². The molecule has 3 aromatic rings. The van der Waals surface area contributed by atoms with Crippen LogP contribution in [0.25, 0.3) is 11.0 Å². The Kier molecular flexibility index (Phi) is 7.41. The van der Waals surface area contributed by atoms with Crippen molar-refractivity contribution in [3.05, 3.63) is 51.7 Å². The summed E-state index contributed by atoms with van der Waals surface area (Å²) in [6.07, 6.45) is 1.69. The first-order chi connectivity index (χ1) is 10.5. The molecule has 22 heavy (non-hydrogen) atoms. The molecule has 8 heteroatoms. The van der Waals surface area contributed by atoms with Gasteiger partial charge in [-0.25, -0.2) is 4.98 Å². The van der Waals surface area contributed by atoms with Crippen LogP contribution in [0.15, 0.2) is 51.7 Å². The van der Waals surface area contributed by atoms with Crippen molar-refractivity contribution < 1.29 is 9.90 Å². The predicted molar refractivity (Wildman–Crippen MR) is 95.5 cm³/mol. The van der Waals surface area contributed by atoms with E-state index in [9.17, 15) is 0 Å². The van der Waals surface area contributed by atoms with Crippen LogP contribution in [0.4, 0.5) is 11.4 Å². The van der Waals surface area contributed by atoms with Crippen molar-refractivity contribution in [2.75, 3.05) is 11.5 Å². The summed E-state index contributed by atoms with van der Waals surface area (Å²) in [5.74, 6) is 0. The van der Waals surface area contributed by atoms with Crippen molar-refractivity contribution in [2.24, 2.45) is 0 Å². The number of carboxylic acid groups (broad SMARTS) is 1. The van der Waals surface area contributed by atoms with Gasteiger partial charge < -0.3 is 21.6 Å². The van der Waals surface area contributed by atoms with E-state index in [0.717, 1.165) is 20.0 Å². The average molecular weight is 430 g/mol. The molecule has 0 spiro atoms. The fourth-order valence-corrected chi connectivity index (χ4v) is 2.19. The van der Waals surface area contributed by atoms with Crippen LogP contribution in [-0.4, -0.2) is 21.5 Å². The topological polar surface area (TPSA) is 118 Å². The molecule has 6 nitrogen and oxygen atoms in total. The van der Waals surface area contributed by atoms with Crippen molar-refractivity contribution in [2.45, 2.75) is 0 Å². The van der Waals surface area contributed by atoms with Gasteiger partial charge in [-0.15, -0.1) is 0 Å². The van der Waals surface area contributed by atoms with E-state index in [4.69, 9.17) is 21.4 Å². The summed E-state index contributed by atoms with van der Waals surface area (Å²) >= 11 is 6.63. The number of nitrogens with two attached hydrogens (primary N) is 2.